The van der Waals surface area contributed by atoms with E-state index >= 15 is 0 Å². The number of amidine groups is 1. The van der Waals surface area contributed by atoms with Crippen molar-refractivity contribution >= 4 is 27.7 Å². The topological polar surface area (TPSA) is 41.5 Å². The molecular weight excluding hydrogens is 228 g/mol. The van der Waals surface area contributed by atoms with Crippen molar-refractivity contribution in [1.29, 1.82) is 0 Å². The molecule has 15 heavy (non-hydrogen) atoms. The van der Waals surface area contributed by atoms with Gasteiger partial charge in [-0.25, -0.2) is 0 Å². The van der Waals surface area contributed by atoms with Gasteiger partial charge in [0.2, 0.25) is 0 Å². The first-order valence-corrected chi connectivity index (χ1v) is 7.87. The van der Waals surface area contributed by atoms with Gasteiger partial charge in [-0.3, -0.25) is 9.20 Å². The molecular formula is C10H20N2OS2. The second kappa shape index (κ2) is 5.89. The van der Waals surface area contributed by atoms with Crippen LogP contribution in [-0.4, -0.2) is 39.2 Å². The average Bonchev–Trinajstić information content (AvgIpc) is 2.62. The number of rotatable bonds is 4. The van der Waals surface area contributed by atoms with Crippen LogP contribution in [0.15, 0.2) is 4.99 Å². The summed E-state index contributed by atoms with van der Waals surface area (Å²) >= 11 is 1.77. The fourth-order valence-electron chi connectivity index (χ4n) is 1.18. The maximum Gasteiger partial charge on any atom is 0.156 e. The smallest absolute Gasteiger partial charge is 0.156 e. The highest BCUT2D eigenvalue weighted by atomic mass is 32.2. The standard InChI is InChI=1S/C10H20N2OS2/c1-7(2)9-6-14-10(12-9)11-5-8(3)15(4)13/h7-9H,5-6H2,1-4H3,(H,11,12). The molecule has 0 amide bonds. The summed E-state index contributed by atoms with van der Waals surface area (Å²) in [6.07, 6.45) is 1.73. The molecule has 3 nitrogen and oxygen atoms in total. The van der Waals surface area contributed by atoms with E-state index < -0.39 is 10.8 Å². The molecule has 5 heteroatoms. The highest BCUT2D eigenvalue weighted by Crippen LogP contribution is 2.19. The molecule has 0 aromatic rings. The van der Waals surface area contributed by atoms with Crippen molar-refractivity contribution in [2.24, 2.45) is 10.9 Å². The third kappa shape index (κ3) is 4.15. The van der Waals surface area contributed by atoms with Crippen molar-refractivity contribution in [3.05, 3.63) is 0 Å². The van der Waals surface area contributed by atoms with Crippen LogP contribution < -0.4 is 5.32 Å². The van der Waals surface area contributed by atoms with Crippen LogP contribution in [0.25, 0.3) is 0 Å². The van der Waals surface area contributed by atoms with Gasteiger partial charge in [-0.2, -0.15) is 0 Å². The number of aliphatic imine (C=N–C) groups is 1. The third-order valence-electron chi connectivity index (χ3n) is 2.57. The number of nitrogens with zero attached hydrogens (tertiary/aromatic N) is 1. The first-order valence-electron chi connectivity index (χ1n) is 5.26. The predicted octanol–water partition coefficient (Wildman–Crippen LogP) is 1.47. The van der Waals surface area contributed by atoms with Gasteiger partial charge in [0.25, 0.3) is 0 Å². The van der Waals surface area contributed by atoms with Gasteiger partial charge in [-0.1, -0.05) is 25.6 Å². The second-order valence-corrected chi connectivity index (χ2v) is 7.07. The van der Waals surface area contributed by atoms with E-state index in [1.54, 1.807) is 18.0 Å². The number of nitrogens with one attached hydrogen (secondary N) is 1. The van der Waals surface area contributed by atoms with Crippen LogP contribution in [0, 0.1) is 5.92 Å². The van der Waals surface area contributed by atoms with E-state index in [1.165, 1.54) is 0 Å². The molecule has 1 heterocycles. The number of thioether (sulfide) groups is 1. The maximum atomic E-state index is 11.1. The molecule has 1 N–H and O–H groups in total. The molecule has 0 aromatic carbocycles. The van der Waals surface area contributed by atoms with E-state index in [9.17, 15) is 4.21 Å². The highest BCUT2D eigenvalue weighted by molar-refractivity contribution is 8.14. The quantitative estimate of drug-likeness (QED) is 0.819. The Morgan fingerprint density at radius 1 is 1.60 bits per heavy atom. The van der Waals surface area contributed by atoms with Crippen molar-refractivity contribution in [3.63, 3.8) is 0 Å². The molecule has 0 saturated carbocycles. The Bertz CT molecular complexity index is 266. The molecule has 1 rings (SSSR count). The lowest BCUT2D eigenvalue weighted by atomic mass is 10.1. The SMILES string of the molecule is CC(C)C1CSC(=NCC(C)S(C)=O)N1. The first-order chi connectivity index (χ1) is 7.00. The average molecular weight is 248 g/mol. The van der Waals surface area contributed by atoms with Crippen molar-refractivity contribution < 1.29 is 4.21 Å². The van der Waals surface area contributed by atoms with E-state index in [2.05, 4.69) is 24.2 Å². The van der Waals surface area contributed by atoms with Crippen LogP contribution >= 0.6 is 11.8 Å². The molecule has 1 saturated heterocycles. The fourth-order valence-corrected chi connectivity index (χ4v) is 2.67. The lowest BCUT2D eigenvalue weighted by molar-refractivity contribution is 0.503. The predicted molar refractivity (Wildman–Crippen MR) is 70.1 cm³/mol. The molecule has 1 aliphatic heterocycles. The lowest BCUT2D eigenvalue weighted by Gasteiger charge is -2.13. The third-order valence-corrected chi connectivity index (χ3v) is 4.90. The summed E-state index contributed by atoms with van der Waals surface area (Å²) in [6, 6.07) is 0.538. The zero-order valence-electron chi connectivity index (χ0n) is 9.82. The van der Waals surface area contributed by atoms with E-state index in [-0.39, 0.29) is 5.25 Å². The zero-order valence-corrected chi connectivity index (χ0v) is 11.5. The summed E-state index contributed by atoms with van der Waals surface area (Å²) in [6.45, 7) is 7.05. The van der Waals surface area contributed by atoms with Crippen LogP contribution in [-0.2, 0) is 10.8 Å². The molecule has 0 bridgehead atoms. The molecule has 1 fully saturated rings. The largest absolute Gasteiger partial charge is 0.361 e. The monoisotopic (exact) mass is 248 g/mol. The Morgan fingerprint density at radius 3 is 2.73 bits per heavy atom. The van der Waals surface area contributed by atoms with Gasteiger partial charge in [0.1, 0.15) is 0 Å². The summed E-state index contributed by atoms with van der Waals surface area (Å²) in [5.74, 6) is 1.74. The molecule has 1 aliphatic rings. The van der Waals surface area contributed by atoms with Crippen molar-refractivity contribution in [1.82, 2.24) is 5.32 Å². The molecule has 0 aromatic heterocycles. The van der Waals surface area contributed by atoms with Gasteiger partial charge in [0.15, 0.2) is 5.17 Å². The first kappa shape index (κ1) is 13.0. The number of hydrogen-bond acceptors (Lipinski definition) is 3. The maximum absolute atomic E-state index is 11.1. The summed E-state index contributed by atoms with van der Waals surface area (Å²) in [7, 11) is -0.772. The lowest BCUT2D eigenvalue weighted by Crippen LogP contribution is -2.32. The zero-order chi connectivity index (χ0) is 11.4. The van der Waals surface area contributed by atoms with Crippen LogP contribution in [0.5, 0.6) is 0 Å². The fraction of sp³-hybridized carbons (Fsp3) is 0.900. The van der Waals surface area contributed by atoms with Gasteiger partial charge in [-0.05, 0) is 12.8 Å². The van der Waals surface area contributed by atoms with Crippen molar-refractivity contribution in [2.75, 3.05) is 18.6 Å². The Balaban J connectivity index is 2.40. The van der Waals surface area contributed by atoms with Crippen molar-refractivity contribution in [2.45, 2.75) is 32.1 Å². The van der Waals surface area contributed by atoms with E-state index in [0.717, 1.165) is 10.9 Å². The number of hydrogen-bond donors (Lipinski definition) is 1. The Hall–Kier alpha value is -0.0300. The van der Waals surface area contributed by atoms with E-state index in [0.29, 0.717) is 18.5 Å². The van der Waals surface area contributed by atoms with Gasteiger partial charge >= 0.3 is 0 Å². The molecule has 0 radical (unpaired) electrons. The molecule has 0 spiro atoms. The Kier molecular flexibility index (Phi) is 5.12. The second-order valence-electron chi connectivity index (χ2n) is 4.26. The van der Waals surface area contributed by atoms with E-state index in [4.69, 9.17) is 0 Å². The summed E-state index contributed by atoms with van der Waals surface area (Å²) in [4.78, 5) is 4.45. The van der Waals surface area contributed by atoms with Gasteiger partial charge < -0.3 is 5.32 Å². The summed E-state index contributed by atoms with van der Waals surface area (Å²) in [5, 5.41) is 4.57. The highest BCUT2D eigenvalue weighted by Gasteiger charge is 2.22. The van der Waals surface area contributed by atoms with Crippen LogP contribution in [0.4, 0.5) is 0 Å². The van der Waals surface area contributed by atoms with Crippen LogP contribution in [0.2, 0.25) is 0 Å². The molecule has 3 atom stereocenters. The normalized spacial score (nSPS) is 28.1. The van der Waals surface area contributed by atoms with Crippen LogP contribution in [0.3, 0.4) is 0 Å². The Labute approximate surface area is 99.0 Å². The minimum atomic E-state index is -0.772. The molecule has 3 unspecified atom stereocenters. The molecule has 0 aliphatic carbocycles. The van der Waals surface area contributed by atoms with Gasteiger partial charge in [-0.15, -0.1) is 0 Å². The molecule has 88 valence electrons. The minimum Gasteiger partial charge on any atom is -0.361 e. The Morgan fingerprint density at radius 2 is 2.27 bits per heavy atom. The van der Waals surface area contributed by atoms with Gasteiger partial charge in [0, 0.05) is 28.9 Å². The summed E-state index contributed by atoms with van der Waals surface area (Å²) in [5.41, 5.74) is 0. The van der Waals surface area contributed by atoms with Gasteiger partial charge in [0.05, 0.1) is 11.8 Å². The minimum absolute atomic E-state index is 0.151. The van der Waals surface area contributed by atoms with Crippen molar-refractivity contribution in [3.8, 4) is 0 Å². The van der Waals surface area contributed by atoms with Crippen LogP contribution in [0.1, 0.15) is 20.8 Å². The summed E-state index contributed by atoms with van der Waals surface area (Å²) < 4.78 is 11.1. The van der Waals surface area contributed by atoms with E-state index in [1.807, 2.05) is 6.92 Å².